The van der Waals surface area contributed by atoms with Crippen molar-refractivity contribution >= 4 is 16.9 Å². The number of rotatable bonds is 5. The Morgan fingerprint density at radius 3 is 2.76 bits per heavy atom. The molecule has 1 aromatic heterocycles. The predicted molar refractivity (Wildman–Crippen MR) is 83.2 cm³/mol. The largest absolute Gasteiger partial charge is 0.481 e. The standard InChI is InChI=1S/C17H22N2O2/c1-3-19-11-14(15-6-4-5-7-16(15)19)10-18-8-13(9-18)12(2)17(20)21/h4-7,11-13H,3,8-10H2,1-2H3,(H,20,21). The van der Waals surface area contributed by atoms with Crippen LogP contribution in [0.25, 0.3) is 10.9 Å². The van der Waals surface area contributed by atoms with Crippen LogP contribution in [0.1, 0.15) is 19.4 Å². The summed E-state index contributed by atoms with van der Waals surface area (Å²) >= 11 is 0. The number of likely N-dealkylation sites (tertiary alicyclic amines) is 1. The van der Waals surface area contributed by atoms with Crippen molar-refractivity contribution in [3.8, 4) is 0 Å². The zero-order chi connectivity index (χ0) is 15.0. The number of carbonyl (C=O) groups is 1. The summed E-state index contributed by atoms with van der Waals surface area (Å²) in [6, 6.07) is 8.49. The van der Waals surface area contributed by atoms with E-state index in [0.29, 0.717) is 5.92 Å². The summed E-state index contributed by atoms with van der Waals surface area (Å²) in [6.45, 7) is 7.63. The number of hydrogen-bond acceptors (Lipinski definition) is 2. The van der Waals surface area contributed by atoms with Crippen LogP contribution in [0.15, 0.2) is 30.5 Å². The van der Waals surface area contributed by atoms with Gasteiger partial charge in [0.2, 0.25) is 0 Å². The molecule has 1 aromatic carbocycles. The van der Waals surface area contributed by atoms with E-state index in [-0.39, 0.29) is 5.92 Å². The van der Waals surface area contributed by atoms with Crippen LogP contribution in [0, 0.1) is 11.8 Å². The van der Waals surface area contributed by atoms with Crippen molar-refractivity contribution in [1.82, 2.24) is 9.47 Å². The summed E-state index contributed by atoms with van der Waals surface area (Å²) in [5, 5.41) is 10.4. The quantitative estimate of drug-likeness (QED) is 0.919. The molecule has 0 spiro atoms. The molecule has 2 heterocycles. The number of para-hydroxylation sites is 1. The van der Waals surface area contributed by atoms with E-state index in [9.17, 15) is 4.79 Å². The zero-order valence-corrected chi connectivity index (χ0v) is 12.6. The number of nitrogens with zero attached hydrogens (tertiary/aromatic N) is 2. The van der Waals surface area contributed by atoms with Crippen LogP contribution in [-0.4, -0.2) is 33.6 Å². The van der Waals surface area contributed by atoms with Crippen LogP contribution in [0.5, 0.6) is 0 Å². The molecule has 1 aliphatic heterocycles. The minimum absolute atomic E-state index is 0.238. The lowest BCUT2D eigenvalue weighted by atomic mass is 9.87. The maximum atomic E-state index is 11.0. The fourth-order valence-electron chi connectivity index (χ4n) is 3.21. The molecule has 1 unspecified atom stereocenters. The first-order valence-corrected chi connectivity index (χ1v) is 7.62. The van der Waals surface area contributed by atoms with Crippen LogP contribution in [0.2, 0.25) is 0 Å². The average molecular weight is 286 g/mol. The molecule has 0 amide bonds. The van der Waals surface area contributed by atoms with E-state index < -0.39 is 5.97 Å². The van der Waals surface area contributed by atoms with Crippen molar-refractivity contribution in [2.24, 2.45) is 11.8 Å². The van der Waals surface area contributed by atoms with E-state index in [2.05, 4.69) is 46.9 Å². The van der Waals surface area contributed by atoms with Gasteiger partial charge in [0.1, 0.15) is 0 Å². The fourth-order valence-corrected chi connectivity index (χ4v) is 3.21. The number of carboxylic acids is 1. The number of hydrogen-bond donors (Lipinski definition) is 1. The Morgan fingerprint density at radius 1 is 1.38 bits per heavy atom. The number of fused-ring (bicyclic) bond motifs is 1. The van der Waals surface area contributed by atoms with Gasteiger partial charge in [0, 0.05) is 43.3 Å². The molecule has 0 aliphatic carbocycles. The van der Waals surface area contributed by atoms with Gasteiger partial charge in [0.25, 0.3) is 0 Å². The van der Waals surface area contributed by atoms with Crippen LogP contribution in [-0.2, 0) is 17.9 Å². The minimum atomic E-state index is -0.678. The van der Waals surface area contributed by atoms with Crippen molar-refractivity contribution in [2.45, 2.75) is 26.9 Å². The maximum Gasteiger partial charge on any atom is 0.306 e. The number of benzene rings is 1. The summed E-state index contributed by atoms with van der Waals surface area (Å²) in [5.41, 5.74) is 2.62. The Kier molecular flexibility index (Phi) is 3.72. The molecule has 1 saturated heterocycles. The molecule has 4 heteroatoms. The SMILES string of the molecule is CCn1cc(CN2CC(C(C)C(=O)O)C2)c2ccccc21. The third-order valence-electron chi connectivity index (χ3n) is 4.69. The molecule has 21 heavy (non-hydrogen) atoms. The highest BCUT2D eigenvalue weighted by atomic mass is 16.4. The van der Waals surface area contributed by atoms with Gasteiger partial charge in [-0.15, -0.1) is 0 Å². The highest BCUT2D eigenvalue weighted by molar-refractivity contribution is 5.83. The fraction of sp³-hybridized carbons (Fsp3) is 0.471. The van der Waals surface area contributed by atoms with Crippen LogP contribution in [0.3, 0.4) is 0 Å². The smallest absolute Gasteiger partial charge is 0.306 e. The summed E-state index contributed by atoms with van der Waals surface area (Å²) in [7, 11) is 0. The van der Waals surface area contributed by atoms with E-state index in [1.54, 1.807) is 0 Å². The number of aromatic nitrogens is 1. The number of aliphatic carboxylic acids is 1. The third-order valence-corrected chi connectivity index (χ3v) is 4.69. The topological polar surface area (TPSA) is 45.5 Å². The average Bonchev–Trinajstić information content (AvgIpc) is 2.80. The minimum Gasteiger partial charge on any atom is -0.481 e. The molecule has 3 rings (SSSR count). The number of carboxylic acid groups (broad SMARTS) is 1. The van der Waals surface area contributed by atoms with Crippen LogP contribution < -0.4 is 0 Å². The molecule has 1 atom stereocenters. The van der Waals surface area contributed by atoms with Crippen molar-refractivity contribution in [1.29, 1.82) is 0 Å². The van der Waals surface area contributed by atoms with Gasteiger partial charge in [-0.05, 0) is 24.5 Å². The highest BCUT2D eigenvalue weighted by Crippen LogP contribution is 2.28. The second-order valence-electron chi connectivity index (χ2n) is 6.04. The first-order chi connectivity index (χ1) is 10.1. The predicted octanol–water partition coefficient (Wildman–Crippen LogP) is 2.81. The monoisotopic (exact) mass is 286 g/mol. The zero-order valence-electron chi connectivity index (χ0n) is 12.6. The van der Waals surface area contributed by atoms with E-state index in [4.69, 9.17) is 5.11 Å². The Bertz CT molecular complexity index is 656. The molecule has 2 aromatic rings. The van der Waals surface area contributed by atoms with Gasteiger partial charge in [0.05, 0.1) is 5.92 Å². The molecule has 1 fully saturated rings. The van der Waals surface area contributed by atoms with Crippen LogP contribution in [0.4, 0.5) is 0 Å². The van der Waals surface area contributed by atoms with Gasteiger partial charge in [-0.2, -0.15) is 0 Å². The van der Waals surface area contributed by atoms with Crippen LogP contribution >= 0.6 is 0 Å². The van der Waals surface area contributed by atoms with E-state index >= 15 is 0 Å². The van der Waals surface area contributed by atoms with E-state index in [1.807, 2.05) is 6.92 Å². The van der Waals surface area contributed by atoms with Gasteiger partial charge in [0.15, 0.2) is 0 Å². The molecule has 0 radical (unpaired) electrons. The highest BCUT2D eigenvalue weighted by Gasteiger charge is 2.34. The molecule has 1 aliphatic rings. The lowest BCUT2D eigenvalue weighted by Crippen LogP contribution is -2.50. The van der Waals surface area contributed by atoms with Gasteiger partial charge >= 0.3 is 5.97 Å². The summed E-state index contributed by atoms with van der Waals surface area (Å²) < 4.78 is 2.28. The maximum absolute atomic E-state index is 11.0. The van der Waals surface area contributed by atoms with E-state index in [1.165, 1.54) is 16.5 Å². The van der Waals surface area contributed by atoms with Crippen molar-refractivity contribution in [3.05, 3.63) is 36.0 Å². The second-order valence-corrected chi connectivity index (χ2v) is 6.04. The lowest BCUT2D eigenvalue weighted by Gasteiger charge is -2.41. The number of aryl methyl sites for hydroxylation is 1. The first-order valence-electron chi connectivity index (χ1n) is 7.62. The van der Waals surface area contributed by atoms with Gasteiger partial charge in [-0.25, -0.2) is 0 Å². The normalized spacial score (nSPS) is 17.8. The molecule has 112 valence electrons. The van der Waals surface area contributed by atoms with Crippen molar-refractivity contribution in [3.63, 3.8) is 0 Å². The molecule has 0 saturated carbocycles. The molecular weight excluding hydrogens is 264 g/mol. The Morgan fingerprint density at radius 2 is 2.10 bits per heavy atom. The summed E-state index contributed by atoms with van der Waals surface area (Å²) in [4.78, 5) is 13.3. The molecule has 1 N–H and O–H groups in total. The Balaban J connectivity index is 1.71. The summed E-state index contributed by atoms with van der Waals surface area (Å²) in [5.74, 6) is -0.623. The van der Waals surface area contributed by atoms with E-state index in [0.717, 1.165) is 26.2 Å². The molecule has 0 bridgehead atoms. The van der Waals surface area contributed by atoms with Gasteiger partial charge in [-0.1, -0.05) is 25.1 Å². The van der Waals surface area contributed by atoms with Crippen molar-refractivity contribution < 1.29 is 9.90 Å². The first kappa shape index (κ1) is 14.1. The summed E-state index contributed by atoms with van der Waals surface area (Å²) in [6.07, 6.45) is 2.23. The third kappa shape index (κ3) is 2.56. The second kappa shape index (κ2) is 5.53. The van der Waals surface area contributed by atoms with Crippen molar-refractivity contribution in [2.75, 3.05) is 13.1 Å². The lowest BCUT2D eigenvalue weighted by molar-refractivity contribution is -0.145. The van der Waals surface area contributed by atoms with Gasteiger partial charge in [-0.3, -0.25) is 9.69 Å². The van der Waals surface area contributed by atoms with Gasteiger partial charge < -0.3 is 9.67 Å². The molecule has 4 nitrogen and oxygen atoms in total. The Labute approximate surface area is 125 Å². The molecular formula is C17H22N2O2. The Hall–Kier alpha value is -1.81.